The van der Waals surface area contributed by atoms with E-state index in [4.69, 9.17) is 16.3 Å². The molecule has 22 heavy (non-hydrogen) atoms. The van der Waals surface area contributed by atoms with Crippen molar-refractivity contribution in [1.82, 2.24) is 4.98 Å². The third-order valence-corrected chi connectivity index (χ3v) is 4.66. The van der Waals surface area contributed by atoms with Gasteiger partial charge in [-0.1, -0.05) is 41.6 Å². The SMILES string of the molecule is CCOC(O)c1[nH]c2ccc(Cl)cc2c1Sc1ccccc1. The van der Waals surface area contributed by atoms with Gasteiger partial charge in [-0.05, 0) is 37.3 Å². The first kappa shape index (κ1) is 15.4. The van der Waals surface area contributed by atoms with E-state index in [-0.39, 0.29) is 0 Å². The summed E-state index contributed by atoms with van der Waals surface area (Å²) in [6.45, 7) is 2.29. The molecule has 3 rings (SSSR count). The van der Waals surface area contributed by atoms with Crippen LogP contribution in [0.3, 0.4) is 0 Å². The molecule has 0 saturated carbocycles. The first-order valence-corrected chi connectivity index (χ1v) is 8.22. The number of aromatic amines is 1. The third-order valence-electron chi connectivity index (χ3n) is 3.27. The average molecular weight is 334 g/mol. The largest absolute Gasteiger partial charge is 0.363 e. The summed E-state index contributed by atoms with van der Waals surface area (Å²) >= 11 is 7.71. The van der Waals surface area contributed by atoms with Crippen LogP contribution < -0.4 is 0 Å². The van der Waals surface area contributed by atoms with Gasteiger partial charge in [-0.3, -0.25) is 0 Å². The van der Waals surface area contributed by atoms with Crippen LogP contribution in [0.1, 0.15) is 18.9 Å². The molecule has 0 radical (unpaired) electrons. The zero-order valence-corrected chi connectivity index (χ0v) is 13.6. The number of halogens is 1. The van der Waals surface area contributed by atoms with Crippen molar-refractivity contribution in [3.8, 4) is 0 Å². The smallest absolute Gasteiger partial charge is 0.197 e. The number of aliphatic hydroxyl groups is 1. The van der Waals surface area contributed by atoms with Gasteiger partial charge in [0.25, 0.3) is 0 Å². The topological polar surface area (TPSA) is 45.2 Å². The lowest BCUT2D eigenvalue weighted by atomic mass is 10.2. The van der Waals surface area contributed by atoms with Crippen LogP contribution in [0.5, 0.6) is 0 Å². The fourth-order valence-electron chi connectivity index (χ4n) is 2.29. The molecule has 1 atom stereocenters. The van der Waals surface area contributed by atoms with Crippen molar-refractivity contribution in [1.29, 1.82) is 0 Å². The average Bonchev–Trinajstić information content (AvgIpc) is 2.87. The Morgan fingerprint density at radius 3 is 2.73 bits per heavy atom. The van der Waals surface area contributed by atoms with E-state index in [0.717, 1.165) is 20.7 Å². The van der Waals surface area contributed by atoms with Crippen LogP contribution in [0.2, 0.25) is 5.02 Å². The lowest BCUT2D eigenvalue weighted by Crippen LogP contribution is -2.04. The van der Waals surface area contributed by atoms with Crippen LogP contribution in [0.25, 0.3) is 10.9 Å². The van der Waals surface area contributed by atoms with E-state index in [0.29, 0.717) is 17.3 Å². The number of rotatable bonds is 5. The summed E-state index contributed by atoms with van der Waals surface area (Å²) in [4.78, 5) is 5.27. The van der Waals surface area contributed by atoms with Crippen LogP contribution in [0, 0.1) is 0 Å². The van der Waals surface area contributed by atoms with Gasteiger partial charge in [0, 0.05) is 32.3 Å². The molecule has 0 bridgehead atoms. The molecule has 3 aromatic rings. The van der Waals surface area contributed by atoms with Gasteiger partial charge in [-0.2, -0.15) is 0 Å². The molecule has 1 heterocycles. The van der Waals surface area contributed by atoms with E-state index in [2.05, 4.69) is 4.98 Å². The van der Waals surface area contributed by atoms with Crippen molar-refractivity contribution in [2.45, 2.75) is 23.0 Å². The minimum Gasteiger partial charge on any atom is -0.363 e. The molecule has 1 aromatic heterocycles. The Bertz CT molecular complexity index is 773. The van der Waals surface area contributed by atoms with Gasteiger partial charge in [0.05, 0.1) is 5.69 Å². The van der Waals surface area contributed by atoms with E-state index in [9.17, 15) is 5.11 Å². The maximum atomic E-state index is 10.2. The summed E-state index contributed by atoms with van der Waals surface area (Å²) in [5.41, 5.74) is 1.59. The number of nitrogens with one attached hydrogen (secondary N) is 1. The number of benzene rings is 2. The molecule has 0 saturated heterocycles. The van der Waals surface area contributed by atoms with E-state index in [1.54, 1.807) is 11.8 Å². The highest BCUT2D eigenvalue weighted by Gasteiger charge is 2.19. The van der Waals surface area contributed by atoms with Crippen molar-refractivity contribution < 1.29 is 9.84 Å². The number of aromatic nitrogens is 1. The second-order valence-electron chi connectivity index (χ2n) is 4.78. The minimum atomic E-state index is -0.984. The van der Waals surface area contributed by atoms with Gasteiger partial charge in [0.1, 0.15) is 0 Å². The van der Waals surface area contributed by atoms with Gasteiger partial charge in [0.2, 0.25) is 0 Å². The summed E-state index contributed by atoms with van der Waals surface area (Å²) in [6, 6.07) is 15.7. The fraction of sp³-hybridized carbons (Fsp3) is 0.176. The molecular weight excluding hydrogens is 318 g/mol. The van der Waals surface area contributed by atoms with Crippen molar-refractivity contribution in [2.75, 3.05) is 6.61 Å². The van der Waals surface area contributed by atoms with Crippen molar-refractivity contribution in [3.63, 3.8) is 0 Å². The van der Waals surface area contributed by atoms with Crippen LogP contribution in [-0.2, 0) is 4.74 Å². The Morgan fingerprint density at radius 1 is 1.23 bits per heavy atom. The Labute approximate surface area is 138 Å². The summed E-state index contributed by atoms with van der Waals surface area (Å²) in [6.07, 6.45) is -0.984. The number of ether oxygens (including phenoxy) is 1. The quantitative estimate of drug-likeness (QED) is 0.646. The Kier molecular flexibility index (Phi) is 4.74. The normalized spacial score (nSPS) is 12.7. The van der Waals surface area contributed by atoms with Gasteiger partial charge in [-0.15, -0.1) is 0 Å². The van der Waals surface area contributed by atoms with E-state index in [1.165, 1.54) is 0 Å². The molecule has 0 aliphatic heterocycles. The molecule has 1 unspecified atom stereocenters. The second kappa shape index (κ2) is 6.75. The highest BCUT2D eigenvalue weighted by molar-refractivity contribution is 7.99. The highest BCUT2D eigenvalue weighted by Crippen LogP contribution is 2.40. The predicted molar refractivity (Wildman–Crippen MR) is 90.5 cm³/mol. The first-order valence-electron chi connectivity index (χ1n) is 7.02. The number of hydrogen-bond acceptors (Lipinski definition) is 3. The lowest BCUT2D eigenvalue weighted by molar-refractivity contribution is -0.102. The van der Waals surface area contributed by atoms with E-state index < -0.39 is 6.29 Å². The molecule has 0 aliphatic carbocycles. The lowest BCUT2D eigenvalue weighted by Gasteiger charge is -2.11. The van der Waals surface area contributed by atoms with Crippen molar-refractivity contribution in [3.05, 3.63) is 59.2 Å². The predicted octanol–water partition coefficient (Wildman–Crippen LogP) is 5.00. The summed E-state index contributed by atoms with van der Waals surface area (Å²) < 4.78 is 5.34. The van der Waals surface area contributed by atoms with Crippen LogP contribution in [0.4, 0.5) is 0 Å². The molecule has 0 aliphatic rings. The van der Waals surface area contributed by atoms with Gasteiger partial charge in [-0.25, -0.2) is 0 Å². The highest BCUT2D eigenvalue weighted by atomic mass is 35.5. The molecule has 0 spiro atoms. The van der Waals surface area contributed by atoms with Crippen molar-refractivity contribution >= 4 is 34.3 Å². The maximum absolute atomic E-state index is 10.2. The first-order chi connectivity index (χ1) is 10.7. The van der Waals surface area contributed by atoms with E-state index in [1.807, 2.05) is 55.5 Å². The molecular formula is C17H16ClNO2S. The molecule has 3 nitrogen and oxygen atoms in total. The number of fused-ring (bicyclic) bond motifs is 1. The second-order valence-corrected chi connectivity index (χ2v) is 6.30. The number of aliphatic hydroxyl groups excluding tert-OH is 1. The molecule has 114 valence electrons. The summed E-state index contributed by atoms with van der Waals surface area (Å²) in [5, 5.41) is 11.9. The van der Waals surface area contributed by atoms with Gasteiger partial charge >= 0.3 is 0 Å². The van der Waals surface area contributed by atoms with Crippen LogP contribution >= 0.6 is 23.4 Å². The fourth-order valence-corrected chi connectivity index (χ4v) is 3.53. The zero-order chi connectivity index (χ0) is 15.5. The zero-order valence-electron chi connectivity index (χ0n) is 12.0. The number of hydrogen-bond donors (Lipinski definition) is 2. The maximum Gasteiger partial charge on any atom is 0.197 e. The molecule has 2 aromatic carbocycles. The standard InChI is InChI=1S/C17H16ClNO2S/c1-2-21-17(20)15-16(22-12-6-4-3-5-7-12)13-10-11(18)8-9-14(13)19-15/h3-10,17,19-20H,2H2,1H3. The minimum absolute atomic E-state index is 0.437. The Hall–Kier alpha value is -1.46. The molecule has 0 amide bonds. The van der Waals surface area contributed by atoms with Crippen LogP contribution in [-0.4, -0.2) is 16.7 Å². The monoisotopic (exact) mass is 333 g/mol. The Balaban J connectivity index is 2.11. The van der Waals surface area contributed by atoms with Crippen molar-refractivity contribution in [2.24, 2.45) is 0 Å². The molecule has 5 heteroatoms. The van der Waals surface area contributed by atoms with Crippen LogP contribution in [0.15, 0.2) is 58.3 Å². The number of H-pyrrole nitrogens is 1. The third kappa shape index (κ3) is 3.15. The van der Waals surface area contributed by atoms with Gasteiger partial charge < -0.3 is 14.8 Å². The molecule has 0 fully saturated rings. The Morgan fingerprint density at radius 2 is 2.00 bits per heavy atom. The molecule has 2 N–H and O–H groups in total. The summed E-state index contributed by atoms with van der Waals surface area (Å²) in [7, 11) is 0. The summed E-state index contributed by atoms with van der Waals surface area (Å²) in [5.74, 6) is 0. The van der Waals surface area contributed by atoms with Gasteiger partial charge in [0.15, 0.2) is 6.29 Å². The van der Waals surface area contributed by atoms with E-state index >= 15 is 0 Å².